The Morgan fingerprint density at radius 2 is 1.38 bits per heavy atom. The minimum absolute atomic E-state index is 0.139. The molecule has 0 N–H and O–H groups in total. The molecule has 0 radical (unpaired) electrons. The van der Waals surface area contributed by atoms with Gasteiger partial charge in [-0.2, -0.15) is 0 Å². The Bertz CT molecular complexity index is 927. The van der Waals surface area contributed by atoms with Crippen LogP contribution < -0.4 is 4.74 Å². The van der Waals surface area contributed by atoms with Gasteiger partial charge in [-0.25, -0.2) is 0 Å². The van der Waals surface area contributed by atoms with E-state index < -0.39 is 0 Å². The number of benzene rings is 2. The van der Waals surface area contributed by atoms with E-state index in [4.69, 9.17) is 9.47 Å². The highest BCUT2D eigenvalue weighted by atomic mass is 16.6. The molecule has 0 aliphatic carbocycles. The summed E-state index contributed by atoms with van der Waals surface area (Å²) >= 11 is 0. The first kappa shape index (κ1) is 33.9. The number of carbonyl (C=O) groups excluding carboxylic acids is 1. The van der Waals surface area contributed by atoms with Crippen molar-refractivity contribution in [1.82, 2.24) is 0 Å². The summed E-state index contributed by atoms with van der Waals surface area (Å²) in [5, 5.41) is 0. The predicted molar refractivity (Wildman–Crippen MR) is 169 cm³/mol. The summed E-state index contributed by atoms with van der Waals surface area (Å²) < 4.78 is 12.7. The van der Waals surface area contributed by atoms with Gasteiger partial charge in [-0.15, -0.1) is 0 Å². The smallest absolute Gasteiger partial charge is 0.314 e. The minimum Gasteiger partial charge on any atom is -0.487 e. The van der Waals surface area contributed by atoms with Crippen LogP contribution in [0.15, 0.2) is 54.6 Å². The van der Waals surface area contributed by atoms with Gasteiger partial charge >= 0.3 is 5.97 Å². The molecule has 0 bridgehead atoms. The van der Waals surface area contributed by atoms with Crippen molar-refractivity contribution in [3.63, 3.8) is 0 Å². The molecule has 0 aromatic heterocycles. The number of hydrogen-bond acceptors (Lipinski definition) is 3. The Hall–Kier alpha value is -2.33. The van der Waals surface area contributed by atoms with Crippen molar-refractivity contribution in [2.45, 2.75) is 117 Å². The molecule has 0 saturated heterocycles. The van der Waals surface area contributed by atoms with Crippen molar-refractivity contribution in [1.29, 1.82) is 0 Å². The van der Waals surface area contributed by atoms with E-state index in [9.17, 15) is 4.79 Å². The molecule has 0 fully saturated rings. The highest BCUT2D eigenvalue weighted by Crippen LogP contribution is 2.20. The number of unbranched alkanes of at least 4 members (excludes halogenated alkanes) is 10. The maximum absolute atomic E-state index is 12.8. The van der Waals surface area contributed by atoms with E-state index in [1.54, 1.807) is 0 Å². The normalized spacial score (nSPS) is 13.1. The highest BCUT2D eigenvalue weighted by molar-refractivity contribution is 5.72. The lowest BCUT2D eigenvalue weighted by molar-refractivity contribution is -0.905. The summed E-state index contributed by atoms with van der Waals surface area (Å²) in [6.07, 6.45) is 16.7. The van der Waals surface area contributed by atoms with E-state index in [2.05, 4.69) is 70.4 Å². The second kappa shape index (κ2) is 19.7. The van der Waals surface area contributed by atoms with Crippen LogP contribution in [-0.4, -0.2) is 43.8 Å². The predicted octanol–water partition coefficient (Wildman–Crippen LogP) is 9.15. The van der Waals surface area contributed by atoms with E-state index in [1.165, 1.54) is 81.8 Å². The van der Waals surface area contributed by atoms with Gasteiger partial charge in [0.15, 0.2) is 0 Å². The van der Waals surface area contributed by atoms with Crippen molar-refractivity contribution in [3.8, 4) is 5.75 Å². The first-order valence-corrected chi connectivity index (χ1v) is 16.1. The van der Waals surface area contributed by atoms with Crippen LogP contribution in [0.2, 0.25) is 0 Å². The van der Waals surface area contributed by atoms with Crippen molar-refractivity contribution >= 4 is 5.97 Å². The van der Waals surface area contributed by atoms with E-state index in [-0.39, 0.29) is 24.6 Å². The topological polar surface area (TPSA) is 35.5 Å². The van der Waals surface area contributed by atoms with E-state index in [1.807, 2.05) is 19.1 Å². The first-order valence-electron chi connectivity index (χ1n) is 16.1. The average Bonchev–Trinajstić information content (AvgIpc) is 2.94. The van der Waals surface area contributed by atoms with Gasteiger partial charge in [-0.3, -0.25) is 4.79 Å². The molecule has 0 heterocycles. The third-order valence-corrected chi connectivity index (χ3v) is 7.76. The zero-order valence-corrected chi connectivity index (χ0v) is 26.3. The fraction of sp³-hybridized carbons (Fsp3) is 0.639. The molecule has 0 aliphatic rings. The number of nitrogens with zero attached hydrogens (tertiary/aromatic N) is 1. The average molecular weight is 553 g/mol. The Morgan fingerprint density at radius 1 is 0.775 bits per heavy atom. The lowest BCUT2D eigenvalue weighted by atomic mass is 10.0. The molecule has 40 heavy (non-hydrogen) atoms. The monoisotopic (exact) mass is 552 g/mol. The second-order valence-electron chi connectivity index (χ2n) is 12.4. The molecule has 0 spiro atoms. The first-order chi connectivity index (χ1) is 19.3. The Labute approximate surface area is 246 Å². The van der Waals surface area contributed by atoms with Gasteiger partial charge in [0, 0.05) is 5.56 Å². The molecule has 0 saturated carbocycles. The van der Waals surface area contributed by atoms with Gasteiger partial charge in [-0.05, 0) is 43.9 Å². The number of aryl methyl sites for hydroxylation is 1. The summed E-state index contributed by atoms with van der Waals surface area (Å²) in [6.45, 7) is 8.22. The molecule has 224 valence electrons. The minimum atomic E-state index is -0.176. The zero-order valence-electron chi connectivity index (χ0n) is 26.3. The molecule has 2 aromatic carbocycles. The Morgan fingerprint density at radius 3 is 2.00 bits per heavy atom. The number of hydrogen-bond donors (Lipinski definition) is 0. The number of esters is 1. The molecular formula is C36H58NO3+. The van der Waals surface area contributed by atoms with Gasteiger partial charge in [0.1, 0.15) is 30.9 Å². The van der Waals surface area contributed by atoms with Crippen LogP contribution in [0.1, 0.15) is 109 Å². The summed E-state index contributed by atoms with van der Waals surface area (Å²) in [5.41, 5.74) is 2.60. The van der Waals surface area contributed by atoms with Crippen molar-refractivity contribution in [3.05, 3.63) is 65.7 Å². The summed E-state index contributed by atoms with van der Waals surface area (Å²) in [7, 11) is 4.33. The molecule has 4 nitrogen and oxygen atoms in total. The van der Waals surface area contributed by atoms with Crippen molar-refractivity contribution in [2.75, 3.05) is 27.2 Å². The molecule has 2 atom stereocenters. The van der Waals surface area contributed by atoms with Crippen LogP contribution in [0.25, 0.3) is 0 Å². The largest absolute Gasteiger partial charge is 0.487 e. The van der Waals surface area contributed by atoms with Crippen LogP contribution >= 0.6 is 0 Å². The molecule has 0 aliphatic heterocycles. The molecular weight excluding hydrogens is 494 g/mol. The number of rotatable bonds is 22. The van der Waals surface area contributed by atoms with E-state index >= 15 is 0 Å². The van der Waals surface area contributed by atoms with Gasteiger partial charge in [0.05, 0.1) is 20.6 Å². The number of ether oxygens (including phenoxy) is 2. The zero-order chi connectivity index (χ0) is 29.1. The van der Waals surface area contributed by atoms with Gasteiger partial charge in [-0.1, -0.05) is 121 Å². The van der Waals surface area contributed by atoms with Crippen LogP contribution in [0.5, 0.6) is 5.75 Å². The number of quaternary nitrogens is 1. The molecule has 0 amide bonds. The third-order valence-electron chi connectivity index (χ3n) is 7.76. The number of carbonyl (C=O) groups is 1. The fourth-order valence-electron chi connectivity index (χ4n) is 5.47. The highest BCUT2D eigenvalue weighted by Gasteiger charge is 2.26. The van der Waals surface area contributed by atoms with Crippen molar-refractivity contribution in [2.24, 2.45) is 5.92 Å². The fourth-order valence-corrected chi connectivity index (χ4v) is 5.47. The quantitative estimate of drug-likeness (QED) is 0.0830. The van der Waals surface area contributed by atoms with E-state index in [0.29, 0.717) is 0 Å². The lowest BCUT2D eigenvalue weighted by Crippen LogP contribution is -2.44. The second-order valence-corrected chi connectivity index (χ2v) is 12.4. The lowest BCUT2D eigenvalue weighted by Gasteiger charge is -2.32. The maximum Gasteiger partial charge on any atom is 0.314 e. The SMILES string of the molecule is CCCCCCCCCCCCCc1cccc(OC(CC)COC(=O)C(C)C[N+](C)(C)Cc2ccccc2)c1. The van der Waals surface area contributed by atoms with Crippen molar-refractivity contribution < 1.29 is 18.8 Å². The summed E-state index contributed by atoms with van der Waals surface area (Å²) in [5.74, 6) is 0.550. The van der Waals surface area contributed by atoms with Gasteiger partial charge in [0.25, 0.3) is 0 Å². The van der Waals surface area contributed by atoms with Crippen LogP contribution in [0.4, 0.5) is 0 Å². The Kier molecular flexibility index (Phi) is 16.7. The van der Waals surface area contributed by atoms with Crippen LogP contribution in [0, 0.1) is 5.92 Å². The summed E-state index contributed by atoms with van der Waals surface area (Å²) in [4.78, 5) is 12.8. The Balaban J connectivity index is 1.66. The van der Waals surface area contributed by atoms with Gasteiger partial charge < -0.3 is 14.0 Å². The molecule has 2 aromatic rings. The molecule has 4 heteroatoms. The summed E-state index contributed by atoms with van der Waals surface area (Å²) in [6, 6.07) is 18.9. The standard InChI is InChI=1S/C36H58NO3/c1-6-8-9-10-11-12-13-14-15-16-18-22-32-25-21-26-35(27-32)40-34(7-2)30-39-36(38)31(3)28-37(4,5)29-33-23-19-17-20-24-33/h17,19-21,23-27,31,34H,6-16,18,22,28-30H2,1-5H3/q+1. The van der Waals surface area contributed by atoms with E-state index in [0.717, 1.165) is 36.2 Å². The van der Waals surface area contributed by atoms with Crippen LogP contribution in [-0.2, 0) is 22.5 Å². The van der Waals surface area contributed by atoms with Crippen LogP contribution in [0.3, 0.4) is 0 Å². The molecule has 2 unspecified atom stereocenters. The third kappa shape index (κ3) is 14.9. The maximum atomic E-state index is 12.8. The molecule has 2 rings (SSSR count). The van der Waals surface area contributed by atoms with Gasteiger partial charge in [0.2, 0.25) is 0 Å².